The van der Waals surface area contributed by atoms with Crippen LogP contribution in [0.3, 0.4) is 0 Å². The molecule has 0 aromatic rings. The third-order valence-electron chi connectivity index (χ3n) is 2.93. The van der Waals surface area contributed by atoms with Gasteiger partial charge in [-0.2, -0.15) is 0 Å². The van der Waals surface area contributed by atoms with Crippen molar-refractivity contribution in [3.05, 3.63) is 11.1 Å². The van der Waals surface area contributed by atoms with Crippen LogP contribution in [0.2, 0.25) is 0 Å². The molecule has 0 aliphatic heterocycles. The fourth-order valence-electron chi connectivity index (χ4n) is 1.38. The zero-order valence-corrected chi connectivity index (χ0v) is 14.1. The number of hydrogen-bond acceptors (Lipinski definition) is 6. The number of nitrogens with one attached hydrogen (secondary N) is 1. The van der Waals surface area contributed by atoms with Gasteiger partial charge in [0.15, 0.2) is 0 Å². The number of methoxy groups -OCH3 is 1. The Morgan fingerprint density at radius 2 is 1.30 bits per heavy atom. The van der Waals surface area contributed by atoms with E-state index in [4.69, 9.17) is 24.1 Å². The van der Waals surface area contributed by atoms with Crippen molar-refractivity contribution in [2.75, 3.05) is 59.9 Å². The van der Waals surface area contributed by atoms with Crippen LogP contribution in [0.4, 0.5) is 0 Å². The van der Waals surface area contributed by atoms with Crippen molar-refractivity contribution in [1.29, 1.82) is 0 Å². The molecule has 1 amide bonds. The Morgan fingerprint density at radius 3 is 1.78 bits per heavy atom. The molecule has 0 aliphatic carbocycles. The van der Waals surface area contributed by atoms with Gasteiger partial charge >= 0.3 is 5.97 Å². The molecule has 0 aromatic carbocycles. The molecule has 0 unspecified atom stereocenters. The van der Waals surface area contributed by atoms with Crippen LogP contribution < -0.4 is 5.32 Å². The first kappa shape index (κ1) is 21.5. The van der Waals surface area contributed by atoms with E-state index >= 15 is 0 Å². The highest BCUT2D eigenvalue weighted by atomic mass is 16.6. The molecule has 0 saturated carbocycles. The molecule has 0 atom stereocenters. The number of amides is 1. The van der Waals surface area contributed by atoms with E-state index in [-0.39, 0.29) is 11.1 Å². The van der Waals surface area contributed by atoms with Gasteiger partial charge in [-0.3, -0.25) is 4.79 Å². The van der Waals surface area contributed by atoms with Gasteiger partial charge in [-0.1, -0.05) is 0 Å². The smallest absolute Gasteiger partial charge is 0.331 e. The first-order valence-corrected chi connectivity index (χ1v) is 7.41. The molecule has 0 saturated heterocycles. The largest absolute Gasteiger partial charge is 0.478 e. The molecule has 134 valence electrons. The van der Waals surface area contributed by atoms with E-state index in [1.807, 2.05) is 0 Å². The van der Waals surface area contributed by atoms with Crippen LogP contribution >= 0.6 is 0 Å². The number of carboxylic acids is 1. The van der Waals surface area contributed by atoms with Gasteiger partial charge in [0.05, 0.1) is 46.2 Å². The number of hydrogen-bond donors (Lipinski definition) is 2. The maximum absolute atomic E-state index is 11.6. The SMILES string of the molecule is COCCOCCOCCOCCNC(=O)/C(C)=C(/C)C(=O)O. The highest BCUT2D eigenvalue weighted by Gasteiger charge is 2.11. The van der Waals surface area contributed by atoms with E-state index < -0.39 is 11.9 Å². The highest BCUT2D eigenvalue weighted by molar-refractivity contribution is 6.01. The van der Waals surface area contributed by atoms with Crippen LogP contribution in [0.25, 0.3) is 0 Å². The van der Waals surface area contributed by atoms with Gasteiger partial charge in [-0.15, -0.1) is 0 Å². The Hall–Kier alpha value is -1.48. The van der Waals surface area contributed by atoms with Crippen molar-refractivity contribution < 1.29 is 33.6 Å². The quantitative estimate of drug-likeness (QED) is 0.346. The molecular formula is C15H27NO7. The predicted octanol–water partition coefficient (Wildman–Crippen LogP) is 0.220. The van der Waals surface area contributed by atoms with Gasteiger partial charge in [0, 0.05) is 24.8 Å². The second-order valence-electron chi connectivity index (χ2n) is 4.64. The maximum atomic E-state index is 11.6. The topological polar surface area (TPSA) is 103 Å². The maximum Gasteiger partial charge on any atom is 0.331 e. The molecule has 0 spiro atoms. The number of aliphatic carboxylic acids is 1. The van der Waals surface area contributed by atoms with Gasteiger partial charge < -0.3 is 29.4 Å². The van der Waals surface area contributed by atoms with Crippen LogP contribution in [0.1, 0.15) is 13.8 Å². The Kier molecular flexibility index (Phi) is 13.2. The summed E-state index contributed by atoms with van der Waals surface area (Å²) >= 11 is 0. The minimum absolute atomic E-state index is 0.0320. The summed E-state index contributed by atoms with van der Waals surface area (Å²) in [6.07, 6.45) is 0. The fraction of sp³-hybridized carbons (Fsp3) is 0.733. The van der Waals surface area contributed by atoms with E-state index in [2.05, 4.69) is 5.32 Å². The predicted molar refractivity (Wildman–Crippen MR) is 83.4 cm³/mol. The van der Waals surface area contributed by atoms with Crippen LogP contribution in [0.5, 0.6) is 0 Å². The minimum atomic E-state index is -1.10. The number of carbonyl (C=O) groups is 2. The minimum Gasteiger partial charge on any atom is -0.478 e. The summed E-state index contributed by atoms with van der Waals surface area (Å²) in [5.74, 6) is -1.50. The average molecular weight is 333 g/mol. The second-order valence-corrected chi connectivity index (χ2v) is 4.64. The fourth-order valence-corrected chi connectivity index (χ4v) is 1.38. The zero-order valence-electron chi connectivity index (χ0n) is 14.1. The molecule has 8 nitrogen and oxygen atoms in total. The van der Waals surface area contributed by atoms with Gasteiger partial charge in [-0.05, 0) is 13.8 Å². The normalized spacial score (nSPS) is 12.0. The van der Waals surface area contributed by atoms with Crippen molar-refractivity contribution in [3.63, 3.8) is 0 Å². The van der Waals surface area contributed by atoms with E-state index in [9.17, 15) is 9.59 Å². The summed E-state index contributed by atoms with van der Waals surface area (Å²) in [5, 5.41) is 11.4. The van der Waals surface area contributed by atoms with Crippen LogP contribution in [0.15, 0.2) is 11.1 Å². The lowest BCUT2D eigenvalue weighted by molar-refractivity contribution is -0.133. The van der Waals surface area contributed by atoms with Crippen molar-refractivity contribution in [2.24, 2.45) is 0 Å². The lowest BCUT2D eigenvalue weighted by atomic mass is 10.1. The number of carbonyl (C=O) groups excluding carboxylic acids is 1. The van der Waals surface area contributed by atoms with Crippen LogP contribution in [0, 0.1) is 0 Å². The first-order chi connectivity index (χ1) is 11.0. The molecular weight excluding hydrogens is 306 g/mol. The van der Waals surface area contributed by atoms with Crippen molar-refractivity contribution in [1.82, 2.24) is 5.32 Å². The third-order valence-corrected chi connectivity index (χ3v) is 2.93. The highest BCUT2D eigenvalue weighted by Crippen LogP contribution is 2.02. The summed E-state index contributed by atoms with van der Waals surface area (Å²) in [4.78, 5) is 22.4. The Balaban J connectivity index is 3.48. The standard InChI is InChI=1S/C15H27NO7/c1-12(13(2)15(18)19)14(17)16-4-5-21-8-9-23-11-10-22-7-6-20-3/h4-11H2,1-3H3,(H,16,17)(H,18,19)/b13-12-. The second kappa shape index (κ2) is 14.1. The number of rotatable bonds is 14. The summed E-state index contributed by atoms with van der Waals surface area (Å²) in [6.45, 7) is 6.47. The van der Waals surface area contributed by atoms with Gasteiger partial charge in [-0.25, -0.2) is 4.79 Å². The van der Waals surface area contributed by atoms with E-state index in [1.54, 1.807) is 7.11 Å². The third kappa shape index (κ3) is 11.7. The molecule has 0 heterocycles. The molecule has 0 rings (SSSR count). The van der Waals surface area contributed by atoms with Gasteiger partial charge in [0.1, 0.15) is 0 Å². The van der Waals surface area contributed by atoms with Crippen LogP contribution in [-0.4, -0.2) is 76.9 Å². The van der Waals surface area contributed by atoms with Crippen molar-refractivity contribution >= 4 is 11.9 Å². The van der Waals surface area contributed by atoms with Gasteiger partial charge in [0.2, 0.25) is 5.91 Å². The lowest BCUT2D eigenvalue weighted by Gasteiger charge is -2.08. The average Bonchev–Trinajstić information content (AvgIpc) is 2.54. The van der Waals surface area contributed by atoms with E-state index in [0.29, 0.717) is 52.8 Å². The summed E-state index contributed by atoms with van der Waals surface area (Å²) in [6, 6.07) is 0. The molecule has 0 bridgehead atoms. The first-order valence-electron chi connectivity index (χ1n) is 7.41. The lowest BCUT2D eigenvalue weighted by Crippen LogP contribution is -2.29. The molecule has 0 radical (unpaired) electrons. The summed E-state index contributed by atoms with van der Waals surface area (Å²) in [5.41, 5.74) is 0.221. The number of ether oxygens (including phenoxy) is 4. The van der Waals surface area contributed by atoms with E-state index in [1.165, 1.54) is 13.8 Å². The van der Waals surface area contributed by atoms with Gasteiger partial charge in [0.25, 0.3) is 0 Å². The molecule has 0 fully saturated rings. The van der Waals surface area contributed by atoms with E-state index in [0.717, 1.165) is 0 Å². The summed E-state index contributed by atoms with van der Waals surface area (Å²) in [7, 11) is 1.62. The molecule has 8 heteroatoms. The Morgan fingerprint density at radius 1 is 0.826 bits per heavy atom. The Bertz CT molecular complexity index is 382. The Labute approximate surface area is 136 Å². The van der Waals surface area contributed by atoms with Crippen molar-refractivity contribution in [3.8, 4) is 0 Å². The molecule has 23 heavy (non-hydrogen) atoms. The zero-order chi connectivity index (χ0) is 17.5. The summed E-state index contributed by atoms with van der Waals surface area (Å²) < 4.78 is 20.6. The molecule has 2 N–H and O–H groups in total. The van der Waals surface area contributed by atoms with Crippen LogP contribution in [-0.2, 0) is 28.5 Å². The molecule has 0 aromatic heterocycles. The van der Waals surface area contributed by atoms with Crippen molar-refractivity contribution in [2.45, 2.75) is 13.8 Å². The monoisotopic (exact) mass is 333 g/mol. The molecule has 0 aliphatic rings. The number of carboxylic acid groups (broad SMARTS) is 1.